The molecule has 0 saturated carbocycles. The summed E-state index contributed by atoms with van der Waals surface area (Å²) < 4.78 is 0. The van der Waals surface area contributed by atoms with Crippen molar-refractivity contribution in [3.05, 3.63) is 0 Å². The fraction of sp³-hybridized carbons (Fsp3) is 0.667. The van der Waals surface area contributed by atoms with E-state index in [2.05, 4.69) is 15.6 Å². The summed E-state index contributed by atoms with van der Waals surface area (Å²) in [6, 6.07) is -3.29. The number of carboxylic acids is 1. The van der Waals surface area contributed by atoms with Crippen LogP contribution in [0.2, 0.25) is 0 Å². The number of aliphatic carboxylic acids is 1. The first-order valence-corrected chi connectivity index (χ1v) is 6.94. The van der Waals surface area contributed by atoms with Crippen molar-refractivity contribution in [1.29, 1.82) is 0 Å². The number of aliphatic imine (C=N–C) groups is 1. The molecule has 0 aliphatic rings. The third-order valence-electron chi connectivity index (χ3n) is 2.85. The summed E-state index contributed by atoms with van der Waals surface area (Å²) >= 11 is 0. The van der Waals surface area contributed by atoms with Gasteiger partial charge in [-0.05, 0) is 19.8 Å². The second-order valence-electron chi connectivity index (χ2n) is 4.87. The highest BCUT2D eigenvalue weighted by Gasteiger charge is 2.24. The lowest BCUT2D eigenvalue weighted by molar-refractivity contribution is -0.143. The van der Waals surface area contributed by atoms with Crippen LogP contribution >= 0.6 is 0 Å². The predicted octanol–water partition coefficient (Wildman–Crippen LogP) is -3.57. The topological polar surface area (TPSA) is 206 Å². The van der Waals surface area contributed by atoms with Gasteiger partial charge in [0.25, 0.3) is 0 Å². The van der Waals surface area contributed by atoms with Crippen LogP contribution in [0.3, 0.4) is 0 Å². The van der Waals surface area contributed by atoms with Crippen molar-refractivity contribution in [2.45, 2.75) is 37.9 Å². The molecule has 11 heteroatoms. The Hall–Kier alpha value is -2.40. The lowest BCUT2D eigenvalue weighted by atomic mass is 10.1. The largest absolute Gasteiger partial charge is 0.480 e. The average molecular weight is 332 g/mol. The number of nitrogens with two attached hydrogens (primary N) is 3. The number of nitrogens with zero attached hydrogens (tertiary/aromatic N) is 1. The van der Waals surface area contributed by atoms with E-state index in [0.29, 0.717) is 19.4 Å². The van der Waals surface area contributed by atoms with E-state index in [4.69, 9.17) is 27.4 Å². The smallest absolute Gasteiger partial charge is 0.328 e. The molecule has 0 aromatic carbocycles. The van der Waals surface area contributed by atoms with Gasteiger partial charge < -0.3 is 38.0 Å². The first-order chi connectivity index (χ1) is 10.7. The van der Waals surface area contributed by atoms with Gasteiger partial charge in [-0.3, -0.25) is 14.6 Å². The summed E-state index contributed by atoms with van der Waals surface area (Å²) in [6.45, 7) is 0.942. The maximum atomic E-state index is 11.8. The number of aliphatic hydroxyl groups is 1. The second-order valence-corrected chi connectivity index (χ2v) is 4.87. The number of carbonyl (C=O) groups is 3. The van der Waals surface area contributed by atoms with Gasteiger partial charge in [-0.2, -0.15) is 0 Å². The second kappa shape index (κ2) is 10.3. The quantitative estimate of drug-likeness (QED) is 0.121. The molecule has 0 aromatic rings. The van der Waals surface area contributed by atoms with E-state index < -0.39 is 42.5 Å². The molecule has 0 aliphatic carbocycles. The molecule has 132 valence electrons. The Morgan fingerprint density at radius 2 is 1.78 bits per heavy atom. The Balaban J connectivity index is 4.28. The van der Waals surface area contributed by atoms with Crippen LogP contribution in [0.4, 0.5) is 0 Å². The van der Waals surface area contributed by atoms with Crippen LogP contribution in [-0.4, -0.2) is 65.2 Å². The number of aliphatic hydroxyl groups excluding tert-OH is 1. The lowest BCUT2D eigenvalue weighted by Crippen LogP contribution is -2.54. The summed E-state index contributed by atoms with van der Waals surface area (Å²) in [4.78, 5) is 38.0. The van der Waals surface area contributed by atoms with E-state index in [1.54, 1.807) is 0 Å². The van der Waals surface area contributed by atoms with Gasteiger partial charge in [0.05, 0.1) is 12.6 Å². The molecule has 0 aromatic heterocycles. The van der Waals surface area contributed by atoms with E-state index in [0.717, 1.165) is 0 Å². The molecule has 0 saturated heterocycles. The minimum Gasteiger partial charge on any atom is -0.480 e. The molecule has 0 bridgehead atoms. The minimum atomic E-state index is -1.44. The van der Waals surface area contributed by atoms with Crippen LogP contribution in [0.25, 0.3) is 0 Å². The summed E-state index contributed by atoms with van der Waals surface area (Å²) in [7, 11) is 0. The number of amides is 2. The van der Waals surface area contributed by atoms with Crippen molar-refractivity contribution in [1.82, 2.24) is 10.6 Å². The van der Waals surface area contributed by atoms with Crippen molar-refractivity contribution >= 4 is 23.7 Å². The van der Waals surface area contributed by atoms with E-state index in [-0.39, 0.29) is 5.96 Å². The predicted molar refractivity (Wildman–Crippen MR) is 82.1 cm³/mol. The number of nitrogens with one attached hydrogen (secondary N) is 2. The van der Waals surface area contributed by atoms with Gasteiger partial charge in [0.2, 0.25) is 11.8 Å². The zero-order chi connectivity index (χ0) is 18.0. The fourth-order valence-corrected chi connectivity index (χ4v) is 1.52. The lowest BCUT2D eigenvalue weighted by Gasteiger charge is -2.19. The molecule has 0 radical (unpaired) electrons. The molecule has 3 unspecified atom stereocenters. The highest BCUT2D eigenvalue weighted by atomic mass is 16.4. The number of guanidine groups is 1. The number of hydrogen-bond acceptors (Lipinski definition) is 6. The highest BCUT2D eigenvalue weighted by Crippen LogP contribution is 1.97. The number of rotatable bonds is 10. The molecule has 0 aliphatic heterocycles. The van der Waals surface area contributed by atoms with Crippen molar-refractivity contribution in [2.24, 2.45) is 22.2 Å². The van der Waals surface area contributed by atoms with Gasteiger partial charge in [0.15, 0.2) is 5.96 Å². The Labute approximate surface area is 133 Å². The van der Waals surface area contributed by atoms with Crippen LogP contribution in [0.5, 0.6) is 0 Å². The van der Waals surface area contributed by atoms with Crippen LogP contribution in [0.15, 0.2) is 4.99 Å². The number of carboxylic acid groups (broad SMARTS) is 1. The Morgan fingerprint density at radius 3 is 2.26 bits per heavy atom. The Kier molecular flexibility index (Phi) is 9.27. The molecule has 3 atom stereocenters. The first kappa shape index (κ1) is 20.6. The van der Waals surface area contributed by atoms with Crippen LogP contribution in [-0.2, 0) is 14.4 Å². The van der Waals surface area contributed by atoms with Crippen LogP contribution in [0, 0.1) is 0 Å². The Morgan fingerprint density at radius 1 is 1.17 bits per heavy atom. The monoisotopic (exact) mass is 332 g/mol. The molecule has 0 rings (SSSR count). The number of carbonyl (C=O) groups excluding carboxylic acids is 2. The zero-order valence-corrected chi connectivity index (χ0v) is 12.9. The third kappa shape index (κ3) is 8.58. The van der Waals surface area contributed by atoms with Crippen molar-refractivity contribution in [3.8, 4) is 0 Å². The van der Waals surface area contributed by atoms with Gasteiger partial charge >= 0.3 is 5.97 Å². The normalized spacial score (nSPS) is 14.2. The average Bonchev–Trinajstić information content (AvgIpc) is 2.47. The van der Waals surface area contributed by atoms with E-state index in [1.165, 1.54) is 6.92 Å². The maximum Gasteiger partial charge on any atom is 0.328 e. The fourth-order valence-electron chi connectivity index (χ4n) is 1.52. The number of hydrogen-bond donors (Lipinski definition) is 7. The molecular weight excluding hydrogens is 308 g/mol. The summed E-state index contributed by atoms with van der Waals surface area (Å²) in [5.74, 6) is -2.73. The molecular formula is C12H24N6O5. The van der Waals surface area contributed by atoms with Gasteiger partial charge in [-0.1, -0.05) is 0 Å². The van der Waals surface area contributed by atoms with Gasteiger partial charge in [0, 0.05) is 6.54 Å². The van der Waals surface area contributed by atoms with Gasteiger partial charge in [-0.15, -0.1) is 0 Å². The van der Waals surface area contributed by atoms with Crippen LogP contribution < -0.4 is 27.8 Å². The van der Waals surface area contributed by atoms with Gasteiger partial charge in [0.1, 0.15) is 12.1 Å². The molecule has 0 heterocycles. The molecule has 0 spiro atoms. The summed E-state index contributed by atoms with van der Waals surface area (Å²) in [6.07, 6.45) is 0.796. The molecule has 10 N–H and O–H groups in total. The van der Waals surface area contributed by atoms with Crippen LogP contribution in [0.1, 0.15) is 19.8 Å². The van der Waals surface area contributed by atoms with E-state index >= 15 is 0 Å². The third-order valence-corrected chi connectivity index (χ3v) is 2.85. The standard InChI is InChI=1S/C12H24N6O5/c1-6(9(20)18-8(5-19)11(22)23)17-10(21)7(13)3-2-4-16-12(14)15/h6-8,19H,2-5,13H2,1H3,(H,17,21)(H,18,20)(H,22,23)(H4,14,15,16). The SMILES string of the molecule is CC(NC(=O)C(N)CCCN=C(N)N)C(=O)NC(CO)C(=O)O. The first-order valence-electron chi connectivity index (χ1n) is 6.94. The summed E-state index contributed by atoms with van der Waals surface area (Å²) in [5, 5.41) is 22.0. The molecule has 2 amide bonds. The van der Waals surface area contributed by atoms with Gasteiger partial charge in [-0.25, -0.2) is 4.79 Å². The highest BCUT2D eigenvalue weighted by molar-refractivity contribution is 5.91. The van der Waals surface area contributed by atoms with Crippen molar-refractivity contribution < 1.29 is 24.6 Å². The Bertz CT molecular complexity index is 451. The molecule has 23 heavy (non-hydrogen) atoms. The minimum absolute atomic E-state index is 0.0508. The van der Waals surface area contributed by atoms with Crippen molar-refractivity contribution in [3.63, 3.8) is 0 Å². The van der Waals surface area contributed by atoms with E-state index in [9.17, 15) is 14.4 Å². The zero-order valence-electron chi connectivity index (χ0n) is 12.9. The summed E-state index contributed by atoms with van der Waals surface area (Å²) in [5.41, 5.74) is 16.0. The maximum absolute atomic E-state index is 11.8. The van der Waals surface area contributed by atoms with E-state index in [1.807, 2.05) is 0 Å². The van der Waals surface area contributed by atoms with Crippen molar-refractivity contribution in [2.75, 3.05) is 13.2 Å². The molecule has 11 nitrogen and oxygen atoms in total. The molecule has 0 fully saturated rings.